The summed E-state index contributed by atoms with van der Waals surface area (Å²) in [5.41, 5.74) is 0.521. The molecule has 0 amide bonds. The van der Waals surface area contributed by atoms with Crippen molar-refractivity contribution in [3.05, 3.63) is 0 Å². The molecule has 0 bridgehead atoms. The van der Waals surface area contributed by atoms with E-state index >= 15 is 0 Å². The Morgan fingerprint density at radius 2 is 1.89 bits per heavy atom. The Morgan fingerprint density at radius 3 is 2.32 bits per heavy atom. The zero-order valence-electron chi connectivity index (χ0n) is 13.5. The van der Waals surface area contributed by atoms with Gasteiger partial charge >= 0.3 is 0 Å². The molecule has 3 heteroatoms. The van der Waals surface area contributed by atoms with Crippen LogP contribution in [0, 0.1) is 5.41 Å². The molecule has 0 aliphatic carbocycles. The monoisotopic (exact) mass is 270 g/mol. The number of likely N-dealkylation sites (tertiary alicyclic amines) is 1. The summed E-state index contributed by atoms with van der Waals surface area (Å²) >= 11 is 0. The van der Waals surface area contributed by atoms with Crippen molar-refractivity contribution in [1.82, 2.24) is 10.2 Å². The molecule has 0 spiro atoms. The summed E-state index contributed by atoms with van der Waals surface area (Å²) in [5.74, 6) is 0. The highest BCUT2D eigenvalue weighted by molar-refractivity contribution is 4.86. The minimum Gasteiger partial charge on any atom is -0.394 e. The Kier molecular flexibility index (Phi) is 6.78. The van der Waals surface area contributed by atoms with Crippen LogP contribution in [-0.2, 0) is 0 Å². The van der Waals surface area contributed by atoms with Crippen LogP contribution < -0.4 is 5.32 Å². The molecule has 1 atom stereocenters. The summed E-state index contributed by atoms with van der Waals surface area (Å²) < 4.78 is 0. The molecule has 3 nitrogen and oxygen atoms in total. The highest BCUT2D eigenvalue weighted by Gasteiger charge is 2.29. The Morgan fingerprint density at radius 1 is 1.26 bits per heavy atom. The van der Waals surface area contributed by atoms with Gasteiger partial charge in [-0.25, -0.2) is 0 Å². The van der Waals surface area contributed by atoms with Crippen LogP contribution in [0.2, 0.25) is 0 Å². The lowest BCUT2D eigenvalue weighted by Crippen LogP contribution is -2.46. The van der Waals surface area contributed by atoms with Gasteiger partial charge < -0.3 is 15.3 Å². The maximum absolute atomic E-state index is 9.54. The molecule has 0 aromatic heterocycles. The van der Waals surface area contributed by atoms with Gasteiger partial charge in [0.1, 0.15) is 0 Å². The van der Waals surface area contributed by atoms with Crippen molar-refractivity contribution in [3.63, 3.8) is 0 Å². The normalized spacial score (nSPS) is 23.2. The molecule has 0 radical (unpaired) electrons. The second kappa shape index (κ2) is 7.61. The van der Waals surface area contributed by atoms with Crippen molar-refractivity contribution in [2.45, 2.75) is 64.8 Å². The average Bonchev–Trinajstić information content (AvgIpc) is 2.46. The summed E-state index contributed by atoms with van der Waals surface area (Å²) in [6.07, 6.45) is 7.23. The van der Waals surface area contributed by atoms with E-state index in [1.165, 1.54) is 45.3 Å². The fraction of sp³-hybridized carbons (Fsp3) is 1.00. The first-order valence-corrected chi connectivity index (χ1v) is 8.05. The summed E-state index contributed by atoms with van der Waals surface area (Å²) in [7, 11) is 1.97. The first-order chi connectivity index (χ1) is 9.03. The standard InChI is InChI=1S/C16H34N2O/c1-5-15(3)9-12-18(13-10-15)11-7-8-16(6-2,14-19)17-4/h17,19H,5-14H2,1-4H3. The van der Waals surface area contributed by atoms with Gasteiger partial charge in [0.05, 0.1) is 6.61 Å². The first-order valence-electron chi connectivity index (χ1n) is 8.05. The SMILES string of the molecule is CCC1(C)CCN(CCCC(CC)(CO)NC)CC1. The largest absolute Gasteiger partial charge is 0.394 e. The van der Waals surface area contributed by atoms with Crippen LogP contribution in [0.5, 0.6) is 0 Å². The van der Waals surface area contributed by atoms with Gasteiger partial charge in [-0.1, -0.05) is 27.2 Å². The van der Waals surface area contributed by atoms with Gasteiger partial charge in [-0.2, -0.15) is 0 Å². The third kappa shape index (κ3) is 4.73. The predicted molar refractivity (Wildman–Crippen MR) is 82.5 cm³/mol. The van der Waals surface area contributed by atoms with E-state index in [1.54, 1.807) is 0 Å². The Labute approximate surface area is 119 Å². The summed E-state index contributed by atoms with van der Waals surface area (Å²) in [4.78, 5) is 2.60. The fourth-order valence-corrected chi connectivity index (χ4v) is 3.06. The van der Waals surface area contributed by atoms with Gasteiger partial charge in [0.25, 0.3) is 0 Å². The van der Waals surface area contributed by atoms with Crippen LogP contribution in [0.4, 0.5) is 0 Å². The smallest absolute Gasteiger partial charge is 0.0613 e. The predicted octanol–water partition coefficient (Wildman–Crippen LogP) is 2.64. The number of hydrogen-bond donors (Lipinski definition) is 2. The van der Waals surface area contributed by atoms with Crippen LogP contribution in [0.1, 0.15) is 59.3 Å². The van der Waals surface area contributed by atoms with Crippen LogP contribution in [-0.4, -0.2) is 48.8 Å². The third-order valence-electron chi connectivity index (χ3n) is 5.56. The molecule has 1 heterocycles. The van der Waals surface area contributed by atoms with E-state index in [9.17, 15) is 5.11 Å². The molecule has 0 aromatic rings. The lowest BCUT2D eigenvalue weighted by atomic mass is 9.78. The van der Waals surface area contributed by atoms with E-state index in [1.807, 2.05) is 7.05 Å². The molecule has 1 rings (SSSR count). The summed E-state index contributed by atoms with van der Waals surface area (Å²) in [6, 6.07) is 0. The molecule has 2 N–H and O–H groups in total. The molecule has 1 aliphatic rings. The van der Waals surface area contributed by atoms with Crippen molar-refractivity contribution >= 4 is 0 Å². The molecule has 0 saturated carbocycles. The molecule has 1 aliphatic heterocycles. The van der Waals surface area contributed by atoms with Gasteiger partial charge in [0.15, 0.2) is 0 Å². The summed E-state index contributed by atoms with van der Waals surface area (Å²) in [5, 5.41) is 12.8. The minimum absolute atomic E-state index is 0.0618. The van der Waals surface area contributed by atoms with E-state index in [-0.39, 0.29) is 12.1 Å². The highest BCUT2D eigenvalue weighted by atomic mass is 16.3. The van der Waals surface area contributed by atoms with Crippen molar-refractivity contribution in [1.29, 1.82) is 0 Å². The number of hydrogen-bond acceptors (Lipinski definition) is 3. The van der Waals surface area contributed by atoms with Crippen molar-refractivity contribution < 1.29 is 5.11 Å². The summed E-state index contributed by atoms with van der Waals surface area (Å²) in [6.45, 7) is 10.8. The zero-order valence-corrected chi connectivity index (χ0v) is 13.5. The van der Waals surface area contributed by atoms with Crippen LogP contribution in [0.3, 0.4) is 0 Å². The highest BCUT2D eigenvalue weighted by Crippen LogP contribution is 2.34. The van der Waals surface area contributed by atoms with E-state index in [0.29, 0.717) is 5.41 Å². The van der Waals surface area contributed by atoms with Gasteiger partial charge in [-0.15, -0.1) is 0 Å². The number of likely N-dealkylation sites (N-methyl/N-ethyl adjacent to an activating group) is 1. The Balaban J connectivity index is 2.27. The number of rotatable bonds is 8. The second-order valence-electron chi connectivity index (χ2n) is 6.65. The lowest BCUT2D eigenvalue weighted by Gasteiger charge is -2.39. The topological polar surface area (TPSA) is 35.5 Å². The molecule has 1 unspecified atom stereocenters. The van der Waals surface area contributed by atoms with Gasteiger partial charge in [-0.3, -0.25) is 0 Å². The second-order valence-corrected chi connectivity index (χ2v) is 6.65. The lowest BCUT2D eigenvalue weighted by molar-refractivity contribution is 0.104. The van der Waals surface area contributed by atoms with E-state index in [0.717, 1.165) is 12.8 Å². The molecule has 114 valence electrons. The molecular formula is C16H34N2O. The van der Waals surface area contributed by atoms with Gasteiger partial charge in [0.2, 0.25) is 0 Å². The number of piperidine rings is 1. The van der Waals surface area contributed by atoms with Crippen LogP contribution >= 0.6 is 0 Å². The van der Waals surface area contributed by atoms with E-state index in [4.69, 9.17) is 0 Å². The maximum atomic E-state index is 9.54. The van der Waals surface area contributed by atoms with Crippen LogP contribution in [0.25, 0.3) is 0 Å². The zero-order chi connectivity index (χ0) is 14.4. The van der Waals surface area contributed by atoms with Gasteiger partial charge in [-0.05, 0) is 64.2 Å². The van der Waals surface area contributed by atoms with Crippen LogP contribution in [0.15, 0.2) is 0 Å². The van der Waals surface area contributed by atoms with Gasteiger partial charge in [0, 0.05) is 5.54 Å². The number of aliphatic hydroxyl groups is 1. The fourth-order valence-electron chi connectivity index (χ4n) is 3.06. The minimum atomic E-state index is -0.0618. The molecular weight excluding hydrogens is 236 g/mol. The molecule has 0 aromatic carbocycles. The number of aliphatic hydroxyl groups excluding tert-OH is 1. The molecule has 1 saturated heterocycles. The van der Waals surface area contributed by atoms with E-state index < -0.39 is 0 Å². The maximum Gasteiger partial charge on any atom is 0.0613 e. The first kappa shape index (κ1) is 16.9. The average molecular weight is 270 g/mol. The van der Waals surface area contributed by atoms with Crippen molar-refractivity contribution in [2.24, 2.45) is 5.41 Å². The molecule has 1 fully saturated rings. The third-order valence-corrected chi connectivity index (χ3v) is 5.56. The number of nitrogens with zero attached hydrogens (tertiary/aromatic N) is 1. The van der Waals surface area contributed by atoms with E-state index in [2.05, 4.69) is 31.0 Å². The molecule has 19 heavy (non-hydrogen) atoms. The Bertz CT molecular complexity index is 235. The Hall–Kier alpha value is -0.120. The van der Waals surface area contributed by atoms with Crippen molar-refractivity contribution in [3.8, 4) is 0 Å². The van der Waals surface area contributed by atoms with Crippen molar-refractivity contribution in [2.75, 3.05) is 33.3 Å². The quantitative estimate of drug-likeness (QED) is 0.712. The number of nitrogens with one attached hydrogen (secondary N) is 1.